The molecule has 0 radical (unpaired) electrons. The van der Waals surface area contributed by atoms with Crippen LogP contribution < -0.4 is 8.92 Å². The van der Waals surface area contributed by atoms with Crippen molar-refractivity contribution in [1.82, 2.24) is 4.90 Å². The fraction of sp³-hybridized carbons (Fsp3) is 0.562. The molecule has 0 atom stereocenters. The summed E-state index contributed by atoms with van der Waals surface area (Å²) in [6.07, 6.45) is 2.18. The smallest absolute Gasteiger partial charge is 0.306 e. The molecule has 1 rings (SSSR count). The maximum absolute atomic E-state index is 12.2. The van der Waals surface area contributed by atoms with Gasteiger partial charge in [0, 0.05) is 26.6 Å². The number of carbonyl (C=O) groups is 1. The van der Waals surface area contributed by atoms with Crippen molar-refractivity contribution in [3.63, 3.8) is 0 Å². The fourth-order valence-electron chi connectivity index (χ4n) is 2.13. The molecule has 0 spiro atoms. The third kappa shape index (κ3) is 6.76. The first-order valence-electron chi connectivity index (χ1n) is 7.63. The molecule has 0 N–H and O–H groups in total. The summed E-state index contributed by atoms with van der Waals surface area (Å²) in [5, 5.41) is 0. The van der Waals surface area contributed by atoms with E-state index in [9.17, 15) is 13.2 Å². The highest BCUT2D eigenvalue weighted by molar-refractivity contribution is 7.86. The van der Waals surface area contributed by atoms with Crippen LogP contribution in [0.4, 0.5) is 0 Å². The molecule has 7 nitrogen and oxygen atoms in total. The molecule has 0 unspecified atom stereocenters. The molecule has 0 saturated carbocycles. The molecule has 0 aliphatic carbocycles. The average Bonchev–Trinajstić information content (AvgIpc) is 2.50. The number of ether oxygens (including phenoxy) is 2. The molecule has 0 aliphatic rings. The Kier molecular flexibility index (Phi) is 8.00. The Morgan fingerprint density at radius 2 is 1.92 bits per heavy atom. The van der Waals surface area contributed by atoms with Gasteiger partial charge in [0.05, 0.1) is 20.0 Å². The minimum absolute atomic E-state index is 0.0240. The zero-order valence-electron chi connectivity index (χ0n) is 14.6. The summed E-state index contributed by atoms with van der Waals surface area (Å²) in [7, 11) is -0.667. The highest BCUT2D eigenvalue weighted by Crippen LogP contribution is 2.29. The molecule has 0 aliphatic heterocycles. The number of carbonyl (C=O) groups excluding carboxylic acids is 1. The highest BCUT2D eigenvalue weighted by Gasteiger charge is 2.16. The molecule has 0 fully saturated rings. The first-order valence-corrected chi connectivity index (χ1v) is 9.45. The number of amides is 1. The Labute approximate surface area is 143 Å². The van der Waals surface area contributed by atoms with Crippen LogP contribution in [0.25, 0.3) is 0 Å². The summed E-state index contributed by atoms with van der Waals surface area (Å²) in [5.41, 5.74) is 0.745. The summed E-state index contributed by atoms with van der Waals surface area (Å²) >= 11 is 0. The van der Waals surface area contributed by atoms with Crippen LogP contribution in [0.1, 0.15) is 25.3 Å². The number of hydrogen-bond acceptors (Lipinski definition) is 6. The number of methoxy groups -OCH3 is 2. The zero-order chi connectivity index (χ0) is 18.2. The molecule has 136 valence electrons. The number of nitrogens with zero attached hydrogens (tertiary/aromatic N) is 1. The number of rotatable bonds is 10. The monoisotopic (exact) mass is 359 g/mol. The van der Waals surface area contributed by atoms with Gasteiger partial charge < -0.3 is 18.6 Å². The van der Waals surface area contributed by atoms with Crippen molar-refractivity contribution in [1.29, 1.82) is 0 Å². The van der Waals surface area contributed by atoms with Crippen LogP contribution in [0.2, 0.25) is 0 Å². The summed E-state index contributed by atoms with van der Waals surface area (Å²) < 4.78 is 37.9. The van der Waals surface area contributed by atoms with Crippen molar-refractivity contribution >= 4 is 16.0 Å². The SMILES string of the molecule is CCCC(=O)N(CCOC)Cc1ccc(OC)c(OS(C)(=O)=O)c1. The lowest BCUT2D eigenvalue weighted by molar-refractivity contribution is -0.132. The quantitative estimate of drug-likeness (QED) is 0.593. The second-order valence-electron chi connectivity index (χ2n) is 5.33. The second-order valence-corrected chi connectivity index (χ2v) is 6.91. The minimum atomic E-state index is -3.67. The number of hydrogen-bond donors (Lipinski definition) is 0. The molecule has 1 amide bonds. The van der Waals surface area contributed by atoms with E-state index >= 15 is 0 Å². The van der Waals surface area contributed by atoms with Gasteiger partial charge in [-0.05, 0) is 24.1 Å². The van der Waals surface area contributed by atoms with Gasteiger partial charge in [0.25, 0.3) is 0 Å². The molecular formula is C16H25NO6S. The lowest BCUT2D eigenvalue weighted by Crippen LogP contribution is -2.33. The van der Waals surface area contributed by atoms with Crippen LogP contribution in [0.3, 0.4) is 0 Å². The van der Waals surface area contributed by atoms with E-state index in [0.29, 0.717) is 31.9 Å². The van der Waals surface area contributed by atoms with E-state index in [1.54, 1.807) is 30.2 Å². The molecule has 0 saturated heterocycles. The van der Waals surface area contributed by atoms with Crippen LogP contribution in [-0.2, 0) is 26.2 Å². The van der Waals surface area contributed by atoms with Crippen LogP contribution in [0.5, 0.6) is 11.5 Å². The lowest BCUT2D eigenvalue weighted by Gasteiger charge is -2.23. The van der Waals surface area contributed by atoms with E-state index in [0.717, 1.165) is 18.2 Å². The molecular weight excluding hydrogens is 334 g/mol. The maximum atomic E-state index is 12.2. The maximum Gasteiger partial charge on any atom is 0.306 e. The Balaban J connectivity index is 3.01. The predicted octanol–water partition coefficient (Wildman–Crippen LogP) is 1.81. The van der Waals surface area contributed by atoms with E-state index in [4.69, 9.17) is 13.7 Å². The van der Waals surface area contributed by atoms with Gasteiger partial charge in [0.2, 0.25) is 5.91 Å². The van der Waals surface area contributed by atoms with Crippen LogP contribution in [0, 0.1) is 0 Å². The van der Waals surface area contributed by atoms with Crippen LogP contribution in [0.15, 0.2) is 18.2 Å². The predicted molar refractivity (Wildman–Crippen MR) is 90.7 cm³/mol. The van der Waals surface area contributed by atoms with Crippen molar-refractivity contribution in [2.75, 3.05) is 33.6 Å². The van der Waals surface area contributed by atoms with Crippen LogP contribution >= 0.6 is 0 Å². The summed E-state index contributed by atoms with van der Waals surface area (Å²) in [6.45, 7) is 3.17. The largest absolute Gasteiger partial charge is 0.493 e. The van der Waals surface area contributed by atoms with Gasteiger partial charge in [0.15, 0.2) is 11.5 Å². The lowest BCUT2D eigenvalue weighted by atomic mass is 10.1. The molecule has 0 aromatic heterocycles. The second kappa shape index (κ2) is 9.48. The summed E-state index contributed by atoms with van der Waals surface area (Å²) in [4.78, 5) is 13.9. The normalized spacial score (nSPS) is 11.2. The Morgan fingerprint density at radius 3 is 2.46 bits per heavy atom. The van der Waals surface area contributed by atoms with E-state index in [1.165, 1.54) is 7.11 Å². The Bertz CT molecular complexity index is 644. The first-order chi connectivity index (χ1) is 11.3. The number of benzene rings is 1. The van der Waals surface area contributed by atoms with Crippen molar-refractivity contribution < 1.29 is 26.9 Å². The first kappa shape index (κ1) is 20.2. The van der Waals surface area contributed by atoms with Crippen molar-refractivity contribution in [2.45, 2.75) is 26.3 Å². The van der Waals surface area contributed by atoms with Gasteiger partial charge >= 0.3 is 10.1 Å². The molecule has 0 heterocycles. The molecule has 24 heavy (non-hydrogen) atoms. The standard InChI is InChI=1S/C16H25NO6S/c1-5-6-16(18)17(9-10-21-2)12-13-7-8-14(22-3)15(11-13)23-24(4,19)20/h7-8,11H,5-6,9-10,12H2,1-4H3. The van der Waals surface area contributed by atoms with Gasteiger partial charge in [-0.3, -0.25) is 4.79 Å². The Morgan fingerprint density at radius 1 is 1.21 bits per heavy atom. The van der Waals surface area contributed by atoms with Gasteiger partial charge in [-0.15, -0.1) is 0 Å². The fourth-order valence-corrected chi connectivity index (χ4v) is 2.59. The zero-order valence-corrected chi connectivity index (χ0v) is 15.4. The van der Waals surface area contributed by atoms with Gasteiger partial charge in [-0.2, -0.15) is 8.42 Å². The van der Waals surface area contributed by atoms with Crippen molar-refractivity contribution in [2.24, 2.45) is 0 Å². The van der Waals surface area contributed by atoms with Gasteiger partial charge in [-0.1, -0.05) is 13.0 Å². The summed E-state index contributed by atoms with van der Waals surface area (Å²) in [5.74, 6) is 0.440. The van der Waals surface area contributed by atoms with Crippen LogP contribution in [-0.4, -0.2) is 52.9 Å². The summed E-state index contributed by atoms with van der Waals surface area (Å²) in [6, 6.07) is 4.96. The third-order valence-electron chi connectivity index (χ3n) is 3.22. The van der Waals surface area contributed by atoms with E-state index < -0.39 is 10.1 Å². The minimum Gasteiger partial charge on any atom is -0.493 e. The topological polar surface area (TPSA) is 82.1 Å². The Hall–Kier alpha value is -1.80. The van der Waals surface area contributed by atoms with E-state index in [1.807, 2.05) is 6.92 Å². The molecule has 1 aromatic rings. The van der Waals surface area contributed by atoms with Crippen molar-refractivity contribution in [3.8, 4) is 11.5 Å². The molecule has 1 aromatic carbocycles. The average molecular weight is 359 g/mol. The third-order valence-corrected chi connectivity index (χ3v) is 3.71. The van der Waals surface area contributed by atoms with Gasteiger partial charge in [-0.25, -0.2) is 0 Å². The molecule has 8 heteroatoms. The molecule has 0 bridgehead atoms. The van der Waals surface area contributed by atoms with E-state index in [-0.39, 0.29) is 11.7 Å². The highest BCUT2D eigenvalue weighted by atomic mass is 32.2. The van der Waals surface area contributed by atoms with Crippen molar-refractivity contribution in [3.05, 3.63) is 23.8 Å². The van der Waals surface area contributed by atoms with Gasteiger partial charge in [0.1, 0.15) is 0 Å². The van der Waals surface area contributed by atoms with E-state index in [2.05, 4.69) is 0 Å².